The minimum absolute atomic E-state index is 0.139. The molecule has 0 amide bonds. The summed E-state index contributed by atoms with van der Waals surface area (Å²) in [6.45, 7) is 9.87. The first-order chi connectivity index (χ1) is 15.3. The summed E-state index contributed by atoms with van der Waals surface area (Å²) in [6.07, 6.45) is -0.278. The lowest BCUT2D eigenvalue weighted by Crippen LogP contribution is -2.48. The topological polar surface area (TPSA) is 105 Å². The fourth-order valence-electron chi connectivity index (χ4n) is 3.42. The van der Waals surface area contributed by atoms with Crippen LogP contribution >= 0.6 is 0 Å². The maximum atomic E-state index is 13.0. The molecule has 1 aliphatic rings. The van der Waals surface area contributed by atoms with Gasteiger partial charge in [0.1, 0.15) is 0 Å². The van der Waals surface area contributed by atoms with Crippen LogP contribution in [0.5, 0.6) is 0 Å². The zero-order chi connectivity index (χ0) is 24.4. The lowest BCUT2D eigenvalue weighted by Gasteiger charge is -2.34. The Morgan fingerprint density at radius 2 is 1.39 bits per heavy atom. The summed E-state index contributed by atoms with van der Waals surface area (Å²) in [5.74, 6) is 0. The van der Waals surface area contributed by atoms with E-state index in [1.54, 1.807) is 57.2 Å². The molecular formula is C23H33N3O5S2. The minimum atomic E-state index is -3.57. The average Bonchev–Trinajstić information content (AvgIpc) is 2.72. The molecule has 0 bridgehead atoms. The Labute approximate surface area is 197 Å². The van der Waals surface area contributed by atoms with Crippen LogP contribution in [0.15, 0.2) is 53.4 Å². The van der Waals surface area contributed by atoms with Gasteiger partial charge in [0, 0.05) is 31.0 Å². The average molecular weight is 496 g/mol. The summed E-state index contributed by atoms with van der Waals surface area (Å²) in [5, 5.41) is 3.26. The first-order valence-electron chi connectivity index (χ1n) is 10.9. The Hall–Kier alpha value is -2.14. The molecule has 3 rings (SSSR count). The van der Waals surface area contributed by atoms with E-state index >= 15 is 0 Å². The molecule has 0 radical (unpaired) electrons. The third kappa shape index (κ3) is 6.26. The van der Waals surface area contributed by atoms with Crippen molar-refractivity contribution in [2.45, 2.75) is 63.0 Å². The number of nitrogens with one attached hydrogen (secondary N) is 2. The van der Waals surface area contributed by atoms with Crippen molar-refractivity contribution in [1.29, 1.82) is 0 Å². The number of morpholine rings is 1. The zero-order valence-corrected chi connectivity index (χ0v) is 21.3. The van der Waals surface area contributed by atoms with Crippen LogP contribution in [-0.2, 0) is 31.3 Å². The second-order valence-electron chi connectivity index (χ2n) is 9.37. The Morgan fingerprint density at radius 1 is 0.879 bits per heavy atom. The molecule has 1 saturated heterocycles. The molecule has 0 saturated carbocycles. The maximum Gasteiger partial charge on any atom is 0.243 e. The summed E-state index contributed by atoms with van der Waals surface area (Å²) < 4.78 is 59.3. The highest BCUT2D eigenvalue weighted by Crippen LogP contribution is 2.23. The Bertz CT molecular complexity index is 1150. The second kappa shape index (κ2) is 9.61. The number of hydrogen-bond acceptors (Lipinski definition) is 6. The molecule has 0 spiro atoms. The van der Waals surface area contributed by atoms with Gasteiger partial charge in [0.25, 0.3) is 0 Å². The van der Waals surface area contributed by atoms with Crippen molar-refractivity contribution in [1.82, 2.24) is 4.31 Å². The number of ether oxygens (including phenoxy) is 1. The fraction of sp³-hybridized carbons (Fsp3) is 0.478. The third-order valence-corrected chi connectivity index (χ3v) is 9.35. The van der Waals surface area contributed by atoms with E-state index in [1.807, 2.05) is 26.0 Å². The molecule has 0 aromatic heterocycles. The number of sulfonamides is 2. The summed E-state index contributed by atoms with van der Waals surface area (Å²) in [4.78, 5) is 0.254. The second-order valence-corrected chi connectivity index (χ2v) is 13.7. The molecule has 8 nitrogen and oxygen atoms in total. The number of nitrogens with zero attached hydrogens (tertiary/aromatic N) is 1. The van der Waals surface area contributed by atoms with Crippen molar-refractivity contribution in [3.63, 3.8) is 0 Å². The molecule has 0 unspecified atom stereocenters. The van der Waals surface area contributed by atoms with E-state index in [0.717, 1.165) is 11.3 Å². The van der Waals surface area contributed by atoms with Gasteiger partial charge in [0.2, 0.25) is 20.0 Å². The van der Waals surface area contributed by atoms with Crippen LogP contribution in [0.1, 0.15) is 40.2 Å². The van der Waals surface area contributed by atoms with Crippen LogP contribution in [-0.4, -0.2) is 51.2 Å². The SMILES string of the molecule is C[C@@H]1CN(S(=O)(=O)c2ccc(NCc3ccc(NS(=O)(=O)C(C)(C)C)cc3)cc2)C[C@H](C)O1. The van der Waals surface area contributed by atoms with Crippen molar-refractivity contribution >= 4 is 31.4 Å². The monoisotopic (exact) mass is 495 g/mol. The third-order valence-electron chi connectivity index (χ3n) is 5.39. The van der Waals surface area contributed by atoms with Gasteiger partial charge in [-0.3, -0.25) is 4.72 Å². The van der Waals surface area contributed by atoms with Gasteiger partial charge in [0.15, 0.2) is 0 Å². The molecule has 33 heavy (non-hydrogen) atoms. The quantitative estimate of drug-likeness (QED) is 0.608. The highest BCUT2D eigenvalue weighted by atomic mass is 32.2. The minimum Gasteiger partial charge on any atom is -0.381 e. The molecule has 0 aliphatic carbocycles. The van der Waals surface area contributed by atoms with Gasteiger partial charge in [0.05, 0.1) is 21.9 Å². The zero-order valence-electron chi connectivity index (χ0n) is 19.7. The normalized spacial score (nSPS) is 20.4. The fourth-order valence-corrected chi connectivity index (χ4v) is 5.77. The van der Waals surface area contributed by atoms with E-state index in [4.69, 9.17) is 4.74 Å². The summed E-state index contributed by atoms with van der Waals surface area (Å²) >= 11 is 0. The smallest absolute Gasteiger partial charge is 0.243 e. The van der Waals surface area contributed by atoms with E-state index in [0.29, 0.717) is 25.3 Å². The van der Waals surface area contributed by atoms with Crippen molar-refractivity contribution in [3.05, 3.63) is 54.1 Å². The van der Waals surface area contributed by atoms with Gasteiger partial charge in [-0.2, -0.15) is 4.31 Å². The molecular weight excluding hydrogens is 462 g/mol. The van der Waals surface area contributed by atoms with E-state index < -0.39 is 24.8 Å². The van der Waals surface area contributed by atoms with Crippen LogP contribution in [0.3, 0.4) is 0 Å². The molecule has 182 valence electrons. The molecule has 2 N–H and O–H groups in total. The van der Waals surface area contributed by atoms with E-state index in [1.165, 1.54) is 4.31 Å². The van der Waals surface area contributed by atoms with Crippen molar-refractivity contribution < 1.29 is 21.6 Å². The predicted molar refractivity (Wildman–Crippen MR) is 131 cm³/mol. The van der Waals surface area contributed by atoms with E-state index in [-0.39, 0.29) is 17.1 Å². The van der Waals surface area contributed by atoms with Crippen molar-refractivity contribution in [3.8, 4) is 0 Å². The predicted octanol–water partition coefficient (Wildman–Crippen LogP) is 3.64. The van der Waals surface area contributed by atoms with Crippen LogP contribution in [0.2, 0.25) is 0 Å². The number of anilines is 2. The lowest BCUT2D eigenvalue weighted by molar-refractivity contribution is -0.0440. The Kier molecular flexibility index (Phi) is 7.42. The van der Waals surface area contributed by atoms with Crippen LogP contribution in [0.4, 0.5) is 11.4 Å². The molecule has 1 aliphatic heterocycles. The highest BCUT2D eigenvalue weighted by molar-refractivity contribution is 7.94. The standard InChI is InChI=1S/C23H33N3O5S2/c1-17-15-26(16-18(2)31-17)32(27,28)22-12-10-20(11-13-22)24-14-19-6-8-21(9-7-19)25-33(29,30)23(3,4)5/h6-13,17-18,24-25H,14-16H2,1-5H3/t17-,18+. The van der Waals surface area contributed by atoms with Crippen molar-refractivity contribution in [2.75, 3.05) is 23.1 Å². The summed E-state index contributed by atoms with van der Waals surface area (Å²) in [6, 6.07) is 13.8. The number of rotatable bonds is 7. The Morgan fingerprint density at radius 3 is 1.91 bits per heavy atom. The van der Waals surface area contributed by atoms with Crippen LogP contribution in [0.25, 0.3) is 0 Å². The van der Waals surface area contributed by atoms with Gasteiger partial charge in [-0.15, -0.1) is 0 Å². The number of hydrogen-bond donors (Lipinski definition) is 2. The first kappa shape index (κ1) is 25.5. The van der Waals surface area contributed by atoms with Crippen LogP contribution < -0.4 is 10.0 Å². The highest BCUT2D eigenvalue weighted by Gasteiger charge is 2.32. The van der Waals surface area contributed by atoms with Gasteiger partial charge >= 0.3 is 0 Å². The van der Waals surface area contributed by atoms with Gasteiger partial charge in [-0.1, -0.05) is 12.1 Å². The lowest BCUT2D eigenvalue weighted by atomic mass is 10.2. The van der Waals surface area contributed by atoms with Crippen LogP contribution in [0, 0.1) is 0 Å². The molecule has 10 heteroatoms. The van der Waals surface area contributed by atoms with Gasteiger partial charge in [-0.05, 0) is 76.6 Å². The van der Waals surface area contributed by atoms with E-state index in [2.05, 4.69) is 10.0 Å². The Balaban J connectivity index is 1.61. The van der Waals surface area contributed by atoms with Gasteiger partial charge < -0.3 is 10.1 Å². The summed E-state index contributed by atoms with van der Waals surface area (Å²) in [7, 11) is -7.05. The molecule has 2 aromatic rings. The molecule has 2 aromatic carbocycles. The maximum absolute atomic E-state index is 13.0. The molecule has 1 fully saturated rings. The first-order valence-corrected chi connectivity index (χ1v) is 13.8. The van der Waals surface area contributed by atoms with E-state index in [9.17, 15) is 16.8 Å². The van der Waals surface area contributed by atoms with Crippen molar-refractivity contribution in [2.24, 2.45) is 0 Å². The number of benzene rings is 2. The van der Waals surface area contributed by atoms with Gasteiger partial charge in [-0.25, -0.2) is 16.8 Å². The molecule has 2 atom stereocenters. The summed E-state index contributed by atoms with van der Waals surface area (Å²) in [5.41, 5.74) is 2.26. The molecule has 1 heterocycles. The largest absolute Gasteiger partial charge is 0.381 e.